The van der Waals surface area contributed by atoms with Crippen LogP contribution in [0.3, 0.4) is 0 Å². The molecule has 1 saturated carbocycles. The number of carboxylic acid groups (broad SMARTS) is 1. The first-order valence-corrected chi connectivity index (χ1v) is 10.6. The molecule has 0 bridgehead atoms. The van der Waals surface area contributed by atoms with E-state index in [2.05, 4.69) is 34.5 Å². The molecule has 2 atom stereocenters. The van der Waals surface area contributed by atoms with Gasteiger partial charge < -0.3 is 20.2 Å². The first kappa shape index (κ1) is 19.2. The number of piperidine rings is 1. The van der Waals surface area contributed by atoms with E-state index < -0.39 is 11.4 Å². The molecule has 6 nitrogen and oxygen atoms in total. The van der Waals surface area contributed by atoms with Crippen LogP contribution in [0.5, 0.6) is 0 Å². The van der Waals surface area contributed by atoms with Crippen LogP contribution in [0.2, 0.25) is 0 Å². The monoisotopic (exact) mass is 385 g/mol. The number of hydrogen-bond donors (Lipinski definition) is 2. The molecule has 0 unspecified atom stereocenters. The molecule has 0 aromatic heterocycles. The average molecular weight is 386 g/mol. The van der Waals surface area contributed by atoms with Crippen molar-refractivity contribution in [1.29, 1.82) is 0 Å². The number of likely N-dealkylation sites (tertiary alicyclic amines) is 2. The Balaban J connectivity index is 1.22. The maximum absolute atomic E-state index is 12.7. The summed E-state index contributed by atoms with van der Waals surface area (Å²) in [5, 5.41) is 12.9. The Hall–Kier alpha value is -2.08. The molecule has 2 aliphatic heterocycles. The van der Waals surface area contributed by atoms with Crippen molar-refractivity contribution in [3.63, 3.8) is 0 Å². The maximum Gasteiger partial charge on any atom is 0.317 e. The third kappa shape index (κ3) is 3.88. The summed E-state index contributed by atoms with van der Waals surface area (Å²) in [4.78, 5) is 28.7. The zero-order valence-electron chi connectivity index (χ0n) is 16.5. The van der Waals surface area contributed by atoms with Gasteiger partial charge in [0.25, 0.3) is 0 Å². The summed E-state index contributed by atoms with van der Waals surface area (Å²) < 4.78 is 0. The van der Waals surface area contributed by atoms with Crippen LogP contribution in [0, 0.1) is 11.3 Å². The van der Waals surface area contributed by atoms with E-state index in [1.54, 1.807) is 4.90 Å². The average Bonchev–Trinajstić information content (AvgIpc) is 3.27. The minimum Gasteiger partial charge on any atom is -0.481 e. The fourth-order valence-corrected chi connectivity index (χ4v) is 5.29. The molecule has 2 amide bonds. The number of benzene rings is 1. The summed E-state index contributed by atoms with van der Waals surface area (Å²) in [5.41, 5.74) is 0.669. The van der Waals surface area contributed by atoms with E-state index in [1.807, 2.05) is 6.07 Å². The second kappa shape index (κ2) is 8.11. The highest BCUT2D eigenvalue weighted by Gasteiger charge is 2.55. The zero-order valence-corrected chi connectivity index (χ0v) is 16.5. The van der Waals surface area contributed by atoms with Gasteiger partial charge in [-0.25, -0.2) is 4.79 Å². The van der Waals surface area contributed by atoms with Gasteiger partial charge in [-0.2, -0.15) is 0 Å². The number of aliphatic carboxylic acids is 1. The minimum absolute atomic E-state index is 0.0715. The number of hydrogen-bond acceptors (Lipinski definition) is 3. The summed E-state index contributed by atoms with van der Waals surface area (Å²) in [7, 11) is 0. The molecular weight excluding hydrogens is 354 g/mol. The van der Waals surface area contributed by atoms with Crippen molar-refractivity contribution >= 4 is 12.0 Å². The molecule has 1 aliphatic carbocycles. The molecule has 2 N–H and O–H groups in total. The Bertz CT molecular complexity index is 702. The number of nitrogens with one attached hydrogen (secondary N) is 1. The quantitative estimate of drug-likeness (QED) is 0.817. The molecular formula is C22H31N3O3. The van der Waals surface area contributed by atoms with Crippen LogP contribution in [0.15, 0.2) is 30.3 Å². The van der Waals surface area contributed by atoms with Crippen LogP contribution >= 0.6 is 0 Å². The van der Waals surface area contributed by atoms with E-state index >= 15 is 0 Å². The second-order valence-electron chi connectivity index (χ2n) is 8.73. The highest BCUT2D eigenvalue weighted by atomic mass is 16.4. The molecule has 4 rings (SSSR count). The van der Waals surface area contributed by atoms with Crippen LogP contribution < -0.4 is 5.32 Å². The van der Waals surface area contributed by atoms with Crippen molar-refractivity contribution in [2.45, 2.75) is 44.6 Å². The summed E-state index contributed by atoms with van der Waals surface area (Å²) in [6, 6.07) is 10.7. The van der Waals surface area contributed by atoms with Crippen LogP contribution in [-0.4, -0.2) is 65.7 Å². The predicted molar refractivity (Wildman–Crippen MR) is 107 cm³/mol. The lowest BCUT2D eigenvalue weighted by Gasteiger charge is -2.33. The fourth-order valence-electron chi connectivity index (χ4n) is 5.29. The predicted octanol–water partition coefficient (Wildman–Crippen LogP) is 2.59. The number of amides is 2. The molecule has 152 valence electrons. The van der Waals surface area contributed by atoms with Gasteiger partial charge in [0.05, 0.1) is 5.41 Å². The van der Waals surface area contributed by atoms with Crippen molar-refractivity contribution in [3.05, 3.63) is 35.9 Å². The van der Waals surface area contributed by atoms with E-state index in [4.69, 9.17) is 0 Å². The van der Waals surface area contributed by atoms with Gasteiger partial charge in [0.1, 0.15) is 0 Å². The van der Waals surface area contributed by atoms with Crippen LogP contribution in [0.4, 0.5) is 4.79 Å². The van der Waals surface area contributed by atoms with Crippen molar-refractivity contribution < 1.29 is 14.7 Å². The highest BCUT2D eigenvalue weighted by Crippen LogP contribution is 2.48. The Morgan fingerprint density at radius 1 is 1.14 bits per heavy atom. The zero-order chi connectivity index (χ0) is 19.6. The Kier molecular flexibility index (Phi) is 5.58. The highest BCUT2D eigenvalue weighted by molar-refractivity contribution is 5.80. The smallest absolute Gasteiger partial charge is 0.317 e. The lowest BCUT2D eigenvalue weighted by atomic mass is 9.81. The summed E-state index contributed by atoms with van der Waals surface area (Å²) >= 11 is 0. The molecule has 2 saturated heterocycles. The summed E-state index contributed by atoms with van der Waals surface area (Å²) in [5.74, 6) is -0.604. The molecule has 3 aliphatic rings. The molecule has 28 heavy (non-hydrogen) atoms. The van der Waals surface area contributed by atoms with Gasteiger partial charge in [0, 0.05) is 38.8 Å². The summed E-state index contributed by atoms with van der Waals surface area (Å²) in [6.07, 6.45) is 5.58. The van der Waals surface area contributed by atoms with E-state index in [-0.39, 0.29) is 18.0 Å². The van der Waals surface area contributed by atoms with Gasteiger partial charge >= 0.3 is 12.0 Å². The van der Waals surface area contributed by atoms with Gasteiger partial charge in [-0.05, 0) is 43.6 Å². The number of urea groups is 1. The number of carboxylic acids is 1. The van der Waals surface area contributed by atoms with E-state index in [0.29, 0.717) is 19.5 Å². The molecule has 0 spiro atoms. The first-order chi connectivity index (χ1) is 13.6. The minimum atomic E-state index is -0.725. The van der Waals surface area contributed by atoms with Gasteiger partial charge in [-0.1, -0.05) is 36.8 Å². The largest absolute Gasteiger partial charge is 0.481 e. The Morgan fingerprint density at radius 3 is 2.57 bits per heavy atom. The second-order valence-corrected chi connectivity index (χ2v) is 8.73. The number of carbonyl (C=O) groups excluding carboxylic acids is 1. The molecule has 6 heteroatoms. The molecule has 0 radical (unpaired) electrons. The third-order valence-electron chi connectivity index (χ3n) is 7.06. The number of carbonyl (C=O) groups is 2. The van der Waals surface area contributed by atoms with Gasteiger partial charge in [-0.3, -0.25) is 4.79 Å². The third-order valence-corrected chi connectivity index (χ3v) is 7.06. The Labute approximate surface area is 166 Å². The molecule has 1 aromatic carbocycles. The standard InChI is InChI=1S/C22H31N3O3/c26-20(27)22-11-4-7-18(22)15-25(16-22)21(28)23-19-9-13-24(14-10-19)12-8-17-5-2-1-3-6-17/h1-3,5-6,18-19H,4,7-16H2,(H,23,28)(H,26,27)/t18-,22+/m0/s1. The van der Waals surface area contributed by atoms with E-state index in [9.17, 15) is 14.7 Å². The van der Waals surface area contributed by atoms with Crippen molar-refractivity contribution in [2.24, 2.45) is 11.3 Å². The number of fused-ring (bicyclic) bond motifs is 1. The van der Waals surface area contributed by atoms with E-state index in [0.717, 1.165) is 51.7 Å². The first-order valence-electron chi connectivity index (χ1n) is 10.6. The molecule has 2 heterocycles. The van der Waals surface area contributed by atoms with Gasteiger partial charge in [-0.15, -0.1) is 0 Å². The van der Waals surface area contributed by atoms with E-state index in [1.165, 1.54) is 5.56 Å². The number of nitrogens with zero attached hydrogens (tertiary/aromatic N) is 2. The van der Waals surface area contributed by atoms with Gasteiger partial charge in [0.2, 0.25) is 0 Å². The van der Waals surface area contributed by atoms with Crippen LogP contribution in [0.25, 0.3) is 0 Å². The molecule has 3 fully saturated rings. The maximum atomic E-state index is 12.7. The van der Waals surface area contributed by atoms with Crippen molar-refractivity contribution in [3.8, 4) is 0 Å². The lowest BCUT2D eigenvalue weighted by molar-refractivity contribution is -0.149. The summed E-state index contributed by atoms with van der Waals surface area (Å²) in [6.45, 7) is 4.02. The normalized spacial score (nSPS) is 28.3. The fraction of sp³-hybridized carbons (Fsp3) is 0.636. The topological polar surface area (TPSA) is 72.9 Å². The lowest BCUT2D eigenvalue weighted by Crippen LogP contribution is -2.49. The van der Waals surface area contributed by atoms with Crippen LogP contribution in [-0.2, 0) is 11.2 Å². The van der Waals surface area contributed by atoms with Crippen molar-refractivity contribution in [2.75, 3.05) is 32.7 Å². The Morgan fingerprint density at radius 2 is 1.89 bits per heavy atom. The van der Waals surface area contributed by atoms with Crippen molar-refractivity contribution in [1.82, 2.24) is 15.1 Å². The molecule has 1 aromatic rings. The van der Waals surface area contributed by atoms with Crippen LogP contribution in [0.1, 0.15) is 37.7 Å². The SMILES string of the molecule is O=C(NC1CCN(CCc2ccccc2)CC1)N1C[C@@H]2CCC[C@@]2(C(=O)O)C1. The number of rotatable bonds is 5. The van der Waals surface area contributed by atoms with Gasteiger partial charge in [0.15, 0.2) is 0 Å².